The van der Waals surface area contributed by atoms with Gasteiger partial charge in [0, 0.05) is 7.05 Å². The zero-order valence-corrected chi connectivity index (χ0v) is 15.8. The van der Waals surface area contributed by atoms with Crippen molar-refractivity contribution in [3.8, 4) is 0 Å². The lowest BCUT2D eigenvalue weighted by Gasteiger charge is -2.19. The Morgan fingerprint density at radius 3 is 1.97 bits per heavy atom. The maximum Gasteiger partial charge on any atom is 0.437 e. The Hall–Kier alpha value is -3.88. The van der Waals surface area contributed by atoms with Crippen molar-refractivity contribution in [3.63, 3.8) is 0 Å². The molecule has 0 atom stereocenters. The van der Waals surface area contributed by atoms with E-state index < -0.39 is 24.7 Å². The number of benzene rings is 2. The molecule has 0 saturated carbocycles. The van der Waals surface area contributed by atoms with E-state index in [1.165, 1.54) is 7.05 Å². The van der Waals surface area contributed by atoms with Gasteiger partial charge in [0.05, 0.1) is 0 Å². The van der Waals surface area contributed by atoms with E-state index in [0.29, 0.717) is 0 Å². The first kappa shape index (κ1) is 21.4. The molecule has 0 heterocycles. The van der Waals surface area contributed by atoms with Crippen LogP contribution in [0.15, 0.2) is 65.7 Å². The van der Waals surface area contributed by atoms with E-state index in [1.807, 2.05) is 12.1 Å². The van der Waals surface area contributed by atoms with Crippen molar-refractivity contribution >= 4 is 24.1 Å². The topological polar surface area (TPSA) is 118 Å². The van der Waals surface area contributed by atoms with Crippen LogP contribution in [0.3, 0.4) is 0 Å². The molecule has 2 rings (SSSR count). The average Bonchev–Trinajstić information content (AvgIpc) is 2.71. The Kier molecular flexibility index (Phi) is 8.18. The van der Waals surface area contributed by atoms with E-state index in [-0.39, 0.29) is 19.2 Å². The van der Waals surface area contributed by atoms with E-state index in [4.69, 9.17) is 14.6 Å². The molecule has 0 aliphatic carbocycles. The van der Waals surface area contributed by atoms with Gasteiger partial charge in [-0.25, -0.2) is 9.59 Å². The zero-order chi connectivity index (χ0) is 21.1. The number of carboxylic acid groups (broad SMARTS) is 1. The van der Waals surface area contributed by atoms with E-state index in [2.05, 4.69) is 10.3 Å². The molecule has 152 valence electrons. The van der Waals surface area contributed by atoms with Crippen LogP contribution in [-0.2, 0) is 27.5 Å². The minimum atomic E-state index is -1.17. The lowest BCUT2D eigenvalue weighted by molar-refractivity contribution is -0.137. The number of rotatable bonds is 6. The molecule has 9 heteroatoms. The number of amides is 2. The standard InChI is InChI=1S/C20H21N3O6/c1-23(12-17(24)25)18(21-19(26)28-13-15-8-4-2-5-9-15)22-20(27)29-14-16-10-6-3-7-11-16/h2-11H,12-14H2,1H3,(H,24,25)(H,21,22,26,27). The third-order valence-electron chi connectivity index (χ3n) is 3.56. The molecule has 2 aromatic rings. The van der Waals surface area contributed by atoms with Crippen molar-refractivity contribution in [1.29, 1.82) is 0 Å². The van der Waals surface area contributed by atoms with E-state index in [9.17, 15) is 14.4 Å². The van der Waals surface area contributed by atoms with Gasteiger partial charge in [-0.3, -0.25) is 10.1 Å². The second kappa shape index (κ2) is 11.1. The average molecular weight is 399 g/mol. The molecule has 0 spiro atoms. The van der Waals surface area contributed by atoms with Gasteiger partial charge >= 0.3 is 18.2 Å². The van der Waals surface area contributed by atoms with Crippen molar-refractivity contribution < 1.29 is 29.0 Å². The summed E-state index contributed by atoms with van der Waals surface area (Å²) in [5.41, 5.74) is 1.52. The second-order valence-electron chi connectivity index (χ2n) is 5.91. The molecule has 0 saturated heterocycles. The zero-order valence-electron chi connectivity index (χ0n) is 15.8. The highest BCUT2D eigenvalue weighted by Gasteiger charge is 2.17. The Morgan fingerprint density at radius 2 is 1.45 bits per heavy atom. The van der Waals surface area contributed by atoms with Crippen LogP contribution in [0.2, 0.25) is 0 Å². The number of hydrogen-bond acceptors (Lipinski definition) is 5. The van der Waals surface area contributed by atoms with Gasteiger partial charge in [0.1, 0.15) is 19.8 Å². The molecular formula is C20H21N3O6. The summed E-state index contributed by atoms with van der Waals surface area (Å²) in [5.74, 6) is -1.47. The van der Waals surface area contributed by atoms with E-state index in [1.54, 1.807) is 48.5 Å². The van der Waals surface area contributed by atoms with Gasteiger partial charge in [0.25, 0.3) is 0 Å². The SMILES string of the molecule is CN(CC(=O)O)/C(=N/C(=O)OCc1ccccc1)NC(=O)OCc1ccccc1. The number of nitrogens with zero attached hydrogens (tertiary/aromatic N) is 2. The molecule has 0 radical (unpaired) electrons. The van der Waals surface area contributed by atoms with Crippen LogP contribution >= 0.6 is 0 Å². The van der Waals surface area contributed by atoms with Gasteiger partial charge in [0.15, 0.2) is 0 Å². The molecule has 9 nitrogen and oxygen atoms in total. The number of carbonyl (C=O) groups is 3. The lowest BCUT2D eigenvalue weighted by Crippen LogP contribution is -2.44. The fourth-order valence-electron chi connectivity index (χ4n) is 2.18. The van der Waals surface area contributed by atoms with Crippen molar-refractivity contribution in [1.82, 2.24) is 10.2 Å². The summed E-state index contributed by atoms with van der Waals surface area (Å²) in [6.07, 6.45) is -1.87. The molecule has 0 aliphatic rings. The summed E-state index contributed by atoms with van der Waals surface area (Å²) < 4.78 is 10.1. The first-order valence-corrected chi connectivity index (χ1v) is 8.64. The normalized spacial score (nSPS) is 10.7. The summed E-state index contributed by atoms with van der Waals surface area (Å²) >= 11 is 0. The number of guanidine groups is 1. The summed E-state index contributed by atoms with van der Waals surface area (Å²) in [7, 11) is 1.36. The van der Waals surface area contributed by atoms with Crippen LogP contribution in [0.1, 0.15) is 11.1 Å². The molecule has 0 fully saturated rings. The maximum atomic E-state index is 12.0. The van der Waals surface area contributed by atoms with E-state index >= 15 is 0 Å². The maximum absolute atomic E-state index is 12.0. The van der Waals surface area contributed by atoms with Crippen molar-refractivity contribution in [3.05, 3.63) is 71.8 Å². The largest absolute Gasteiger partial charge is 0.480 e. The Bertz CT molecular complexity index is 855. The fraction of sp³-hybridized carbons (Fsp3) is 0.200. The molecule has 0 unspecified atom stereocenters. The number of carboxylic acids is 1. The molecular weight excluding hydrogens is 378 g/mol. The highest BCUT2D eigenvalue weighted by Crippen LogP contribution is 2.03. The van der Waals surface area contributed by atoms with Crippen LogP contribution in [0.25, 0.3) is 0 Å². The Labute approximate surface area is 167 Å². The second-order valence-corrected chi connectivity index (χ2v) is 5.91. The molecule has 2 aromatic carbocycles. The Balaban J connectivity index is 1.98. The first-order valence-electron chi connectivity index (χ1n) is 8.64. The molecule has 29 heavy (non-hydrogen) atoms. The third-order valence-corrected chi connectivity index (χ3v) is 3.56. The number of aliphatic carboxylic acids is 1. The van der Waals surface area contributed by atoms with Gasteiger partial charge in [-0.05, 0) is 11.1 Å². The van der Waals surface area contributed by atoms with Crippen LogP contribution in [0.5, 0.6) is 0 Å². The molecule has 2 N–H and O–H groups in total. The number of alkyl carbamates (subject to hydrolysis) is 1. The molecule has 0 aromatic heterocycles. The van der Waals surface area contributed by atoms with E-state index in [0.717, 1.165) is 16.0 Å². The minimum absolute atomic E-state index is 0.00104. The number of aliphatic imine (C=N–C) groups is 1. The predicted molar refractivity (Wildman–Crippen MR) is 104 cm³/mol. The van der Waals surface area contributed by atoms with Gasteiger partial charge < -0.3 is 19.5 Å². The van der Waals surface area contributed by atoms with Gasteiger partial charge in [0.2, 0.25) is 5.96 Å². The number of hydrogen-bond donors (Lipinski definition) is 2. The summed E-state index contributed by atoms with van der Waals surface area (Å²) in [5, 5.41) is 11.2. The van der Waals surface area contributed by atoms with Crippen molar-refractivity contribution in [2.45, 2.75) is 13.2 Å². The van der Waals surface area contributed by atoms with Crippen LogP contribution in [0.4, 0.5) is 9.59 Å². The van der Waals surface area contributed by atoms with Crippen molar-refractivity contribution in [2.24, 2.45) is 4.99 Å². The highest BCUT2D eigenvalue weighted by molar-refractivity contribution is 5.99. The lowest BCUT2D eigenvalue weighted by atomic mass is 10.2. The van der Waals surface area contributed by atoms with Gasteiger partial charge in [-0.15, -0.1) is 4.99 Å². The molecule has 2 amide bonds. The van der Waals surface area contributed by atoms with Crippen LogP contribution in [0, 0.1) is 0 Å². The monoisotopic (exact) mass is 399 g/mol. The molecule has 0 aliphatic heterocycles. The van der Waals surface area contributed by atoms with Crippen LogP contribution < -0.4 is 5.32 Å². The van der Waals surface area contributed by atoms with Gasteiger partial charge in [-0.1, -0.05) is 60.7 Å². The number of ether oxygens (including phenoxy) is 2. The van der Waals surface area contributed by atoms with Crippen LogP contribution in [-0.4, -0.2) is 47.7 Å². The summed E-state index contributed by atoms with van der Waals surface area (Å²) in [6.45, 7) is -0.512. The number of nitrogens with one attached hydrogen (secondary N) is 1. The highest BCUT2D eigenvalue weighted by atomic mass is 16.6. The quantitative estimate of drug-likeness (QED) is 0.566. The number of likely N-dealkylation sites (N-methyl/N-ethyl adjacent to an activating group) is 1. The molecule has 0 bridgehead atoms. The van der Waals surface area contributed by atoms with Gasteiger partial charge in [-0.2, -0.15) is 0 Å². The third kappa shape index (κ3) is 8.12. The smallest absolute Gasteiger partial charge is 0.437 e. The first-order chi connectivity index (χ1) is 13.9. The summed E-state index contributed by atoms with van der Waals surface area (Å²) in [6, 6.07) is 17.9. The predicted octanol–water partition coefficient (Wildman–Crippen LogP) is 2.62. The minimum Gasteiger partial charge on any atom is -0.480 e. The Morgan fingerprint density at radius 1 is 0.931 bits per heavy atom. The van der Waals surface area contributed by atoms with Crippen molar-refractivity contribution in [2.75, 3.05) is 13.6 Å². The fourth-order valence-corrected chi connectivity index (χ4v) is 2.18. The summed E-state index contributed by atoms with van der Waals surface area (Å²) in [4.78, 5) is 39.7. The number of carbonyl (C=O) groups excluding carboxylic acids is 2.